The second-order valence-corrected chi connectivity index (χ2v) is 5.96. The number of hydrogen-bond donors (Lipinski definition) is 1. The number of nitrogens with zero attached hydrogens (tertiary/aromatic N) is 2. The third-order valence-electron chi connectivity index (χ3n) is 3.72. The van der Waals surface area contributed by atoms with Crippen LogP contribution >= 0.6 is 11.5 Å². The van der Waals surface area contributed by atoms with Gasteiger partial charge in [0, 0.05) is 13.1 Å². The Bertz CT molecular complexity index is 384. The maximum atomic E-state index is 5.86. The quantitative estimate of drug-likeness (QED) is 0.913. The van der Waals surface area contributed by atoms with Crippen LogP contribution in [0.2, 0.25) is 0 Å². The second kappa shape index (κ2) is 5.78. The van der Waals surface area contributed by atoms with Gasteiger partial charge in [-0.2, -0.15) is 4.37 Å². The minimum Gasteiger partial charge on any atom is -0.487 e. The largest absolute Gasteiger partial charge is 0.487 e. The molecule has 1 aromatic heterocycles. The second-order valence-electron chi connectivity index (χ2n) is 5.20. The SMILES string of the molecule is CCOc1c(N)nsc1N1CCC(C(C)C)CC1. The Balaban J connectivity index is 2.05. The first-order chi connectivity index (χ1) is 8.63. The molecule has 0 unspecified atom stereocenters. The van der Waals surface area contributed by atoms with E-state index in [1.165, 1.54) is 24.4 Å². The summed E-state index contributed by atoms with van der Waals surface area (Å²) in [6.07, 6.45) is 2.50. The van der Waals surface area contributed by atoms with E-state index in [9.17, 15) is 0 Å². The Hall–Kier alpha value is -0.970. The highest BCUT2D eigenvalue weighted by Gasteiger charge is 2.25. The molecule has 1 aliphatic rings. The highest BCUT2D eigenvalue weighted by atomic mass is 32.1. The van der Waals surface area contributed by atoms with Crippen LogP contribution in [0.1, 0.15) is 33.6 Å². The Labute approximate surface area is 113 Å². The number of hydrogen-bond acceptors (Lipinski definition) is 5. The molecule has 1 aromatic rings. The van der Waals surface area contributed by atoms with Gasteiger partial charge in [-0.1, -0.05) is 13.8 Å². The zero-order valence-corrected chi connectivity index (χ0v) is 12.3. The van der Waals surface area contributed by atoms with Crippen LogP contribution in [-0.2, 0) is 0 Å². The molecule has 1 saturated heterocycles. The Kier molecular flexibility index (Phi) is 4.32. The summed E-state index contributed by atoms with van der Waals surface area (Å²) in [5.74, 6) is 2.94. The van der Waals surface area contributed by atoms with Gasteiger partial charge in [0.05, 0.1) is 6.61 Å². The predicted octanol–water partition coefficient (Wildman–Crippen LogP) is 3.00. The predicted molar refractivity (Wildman–Crippen MR) is 77.5 cm³/mol. The van der Waals surface area contributed by atoms with Crippen LogP contribution in [0.3, 0.4) is 0 Å². The van der Waals surface area contributed by atoms with Gasteiger partial charge in [-0.15, -0.1) is 0 Å². The first-order valence-corrected chi connectivity index (χ1v) is 7.53. The summed E-state index contributed by atoms with van der Waals surface area (Å²) in [6, 6.07) is 0. The smallest absolute Gasteiger partial charge is 0.197 e. The lowest BCUT2D eigenvalue weighted by atomic mass is 9.87. The Morgan fingerprint density at radius 1 is 1.44 bits per heavy atom. The normalized spacial score (nSPS) is 17.4. The molecule has 2 N–H and O–H groups in total. The molecule has 0 aromatic carbocycles. The third-order valence-corrected chi connectivity index (χ3v) is 4.62. The fraction of sp³-hybridized carbons (Fsp3) is 0.769. The van der Waals surface area contributed by atoms with Gasteiger partial charge in [0.2, 0.25) is 0 Å². The molecule has 0 saturated carbocycles. The molecule has 0 amide bonds. The van der Waals surface area contributed by atoms with Crippen molar-refractivity contribution in [1.29, 1.82) is 0 Å². The fourth-order valence-electron chi connectivity index (χ4n) is 2.54. The van der Waals surface area contributed by atoms with Crippen LogP contribution in [0.25, 0.3) is 0 Å². The molecule has 1 aliphatic heterocycles. The van der Waals surface area contributed by atoms with E-state index in [1.54, 1.807) is 0 Å². The van der Waals surface area contributed by atoms with Crippen LogP contribution < -0.4 is 15.4 Å². The van der Waals surface area contributed by atoms with Crippen LogP contribution in [0.5, 0.6) is 5.75 Å². The molecule has 2 rings (SSSR count). The lowest BCUT2D eigenvalue weighted by Gasteiger charge is -2.34. The average molecular weight is 269 g/mol. The number of ether oxygens (including phenoxy) is 1. The van der Waals surface area contributed by atoms with Gasteiger partial charge < -0.3 is 15.4 Å². The molecule has 1 fully saturated rings. The van der Waals surface area contributed by atoms with E-state index in [4.69, 9.17) is 10.5 Å². The standard InChI is InChI=1S/C13H23N3OS/c1-4-17-11-12(14)15-18-13(11)16-7-5-10(6-8-16)9(2)3/h9-10H,4-8H2,1-3H3,(H2,14,15). The van der Waals surface area contributed by atoms with Crippen molar-refractivity contribution in [3.63, 3.8) is 0 Å². The van der Waals surface area contributed by atoms with E-state index in [0.29, 0.717) is 12.4 Å². The van der Waals surface area contributed by atoms with Crippen molar-refractivity contribution in [2.24, 2.45) is 11.8 Å². The van der Waals surface area contributed by atoms with Crippen molar-refractivity contribution >= 4 is 22.4 Å². The summed E-state index contributed by atoms with van der Waals surface area (Å²) in [5.41, 5.74) is 5.86. The summed E-state index contributed by atoms with van der Waals surface area (Å²) in [6.45, 7) is 9.42. The number of anilines is 2. The van der Waals surface area contributed by atoms with Crippen molar-refractivity contribution in [2.75, 3.05) is 30.3 Å². The molecular weight excluding hydrogens is 246 g/mol. The first-order valence-electron chi connectivity index (χ1n) is 6.76. The maximum Gasteiger partial charge on any atom is 0.197 e. The van der Waals surface area contributed by atoms with Crippen molar-refractivity contribution in [3.05, 3.63) is 0 Å². The lowest BCUT2D eigenvalue weighted by Crippen LogP contribution is -2.34. The van der Waals surface area contributed by atoms with E-state index >= 15 is 0 Å². The summed E-state index contributed by atoms with van der Waals surface area (Å²) >= 11 is 1.46. The molecule has 0 bridgehead atoms. The van der Waals surface area contributed by atoms with Crippen molar-refractivity contribution in [2.45, 2.75) is 33.6 Å². The Morgan fingerprint density at radius 2 is 2.11 bits per heavy atom. The van der Waals surface area contributed by atoms with Gasteiger partial charge in [-0.05, 0) is 43.1 Å². The van der Waals surface area contributed by atoms with Gasteiger partial charge >= 0.3 is 0 Å². The van der Waals surface area contributed by atoms with E-state index < -0.39 is 0 Å². The summed E-state index contributed by atoms with van der Waals surface area (Å²) in [4.78, 5) is 2.37. The van der Waals surface area contributed by atoms with Gasteiger partial charge in [0.1, 0.15) is 0 Å². The zero-order valence-electron chi connectivity index (χ0n) is 11.5. The van der Waals surface area contributed by atoms with E-state index in [1.807, 2.05) is 6.92 Å². The number of rotatable bonds is 4. The number of nitrogens with two attached hydrogens (primary N) is 1. The van der Waals surface area contributed by atoms with E-state index in [0.717, 1.165) is 35.7 Å². The third kappa shape index (κ3) is 2.71. The van der Waals surface area contributed by atoms with Crippen LogP contribution in [-0.4, -0.2) is 24.1 Å². The molecule has 4 nitrogen and oxygen atoms in total. The van der Waals surface area contributed by atoms with Gasteiger partial charge in [-0.25, -0.2) is 0 Å². The molecular formula is C13H23N3OS. The maximum absolute atomic E-state index is 5.86. The molecule has 0 spiro atoms. The lowest BCUT2D eigenvalue weighted by molar-refractivity contribution is 0.308. The van der Waals surface area contributed by atoms with Gasteiger partial charge in [0.15, 0.2) is 16.6 Å². The minimum absolute atomic E-state index is 0.530. The van der Waals surface area contributed by atoms with Gasteiger partial charge in [-0.3, -0.25) is 0 Å². The molecule has 102 valence electrons. The van der Waals surface area contributed by atoms with Crippen molar-refractivity contribution < 1.29 is 4.74 Å². The molecule has 18 heavy (non-hydrogen) atoms. The van der Waals surface area contributed by atoms with Crippen LogP contribution in [0, 0.1) is 11.8 Å². The molecule has 0 radical (unpaired) electrons. The monoisotopic (exact) mass is 269 g/mol. The highest BCUT2D eigenvalue weighted by molar-refractivity contribution is 7.11. The molecule has 2 heterocycles. The highest BCUT2D eigenvalue weighted by Crippen LogP contribution is 2.40. The molecule has 5 heteroatoms. The minimum atomic E-state index is 0.530. The van der Waals surface area contributed by atoms with Crippen LogP contribution in [0.15, 0.2) is 0 Å². The fourth-order valence-corrected chi connectivity index (χ4v) is 3.35. The number of nitrogen functional groups attached to an aromatic ring is 1. The zero-order chi connectivity index (χ0) is 13.1. The molecule has 0 atom stereocenters. The molecule has 0 aliphatic carbocycles. The van der Waals surface area contributed by atoms with Crippen molar-refractivity contribution in [1.82, 2.24) is 4.37 Å². The average Bonchev–Trinajstić information content (AvgIpc) is 2.72. The van der Waals surface area contributed by atoms with Crippen molar-refractivity contribution in [3.8, 4) is 5.75 Å². The van der Waals surface area contributed by atoms with E-state index in [2.05, 4.69) is 23.1 Å². The first kappa shape index (κ1) is 13.5. The summed E-state index contributed by atoms with van der Waals surface area (Å²) < 4.78 is 9.83. The van der Waals surface area contributed by atoms with Crippen LogP contribution in [0.4, 0.5) is 10.8 Å². The summed E-state index contributed by atoms with van der Waals surface area (Å²) in [5, 5.41) is 1.11. The van der Waals surface area contributed by atoms with E-state index in [-0.39, 0.29) is 0 Å². The number of piperidine rings is 1. The van der Waals surface area contributed by atoms with Gasteiger partial charge in [0.25, 0.3) is 0 Å². The Morgan fingerprint density at radius 3 is 2.67 bits per heavy atom. The topological polar surface area (TPSA) is 51.4 Å². The summed E-state index contributed by atoms with van der Waals surface area (Å²) in [7, 11) is 0. The number of aromatic nitrogens is 1.